The fourth-order valence-electron chi connectivity index (χ4n) is 1.82. The lowest BCUT2D eigenvalue weighted by atomic mass is 10.1. The quantitative estimate of drug-likeness (QED) is 0.925. The van der Waals surface area contributed by atoms with Crippen LogP contribution < -0.4 is 0 Å². The van der Waals surface area contributed by atoms with E-state index < -0.39 is 23.7 Å². The predicted octanol–water partition coefficient (Wildman–Crippen LogP) is 3.21. The van der Waals surface area contributed by atoms with Crippen molar-refractivity contribution in [3.05, 3.63) is 35.4 Å². The Kier molecular flexibility index (Phi) is 5.35. The Balaban J connectivity index is 2.97. The monoisotopic (exact) mass is 293 g/mol. The minimum atomic E-state index is -1.06. The average molecular weight is 293 g/mol. The second kappa shape index (κ2) is 6.61. The van der Waals surface area contributed by atoms with Crippen molar-refractivity contribution in [3.63, 3.8) is 0 Å². The molecule has 0 saturated carbocycles. The molecular formula is C16H23NO4. The van der Waals surface area contributed by atoms with Crippen LogP contribution in [-0.4, -0.2) is 33.7 Å². The number of amides is 1. The number of carboxylic acid groups (broad SMARTS) is 1. The summed E-state index contributed by atoms with van der Waals surface area (Å²) in [7, 11) is 0. The molecule has 0 radical (unpaired) electrons. The zero-order valence-electron chi connectivity index (χ0n) is 13.2. The van der Waals surface area contributed by atoms with E-state index in [9.17, 15) is 14.7 Å². The number of carboxylic acids is 1. The van der Waals surface area contributed by atoms with Gasteiger partial charge in [0.1, 0.15) is 11.6 Å². The molecule has 0 aliphatic heterocycles. The van der Waals surface area contributed by atoms with Crippen LogP contribution in [-0.2, 0) is 16.1 Å². The number of carbonyl (C=O) groups is 2. The standard InChI is InChI=1S/C16H23NO4/c1-11-7-6-8-13(9-11)10-17(12(2)14(18)19)15(20)21-16(3,4)5/h6-9,12H,10H2,1-5H3,(H,18,19). The summed E-state index contributed by atoms with van der Waals surface area (Å²) in [6, 6.07) is 6.65. The van der Waals surface area contributed by atoms with E-state index in [4.69, 9.17) is 4.74 Å². The maximum absolute atomic E-state index is 12.2. The van der Waals surface area contributed by atoms with Crippen molar-refractivity contribution in [2.75, 3.05) is 0 Å². The van der Waals surface area contributed by atoms with Gasteiger partial charge in [-0.15, -0.1) is 0 Å². The summed E-state index contributed by atoms with van der Waals surface area (Å²) in [5.41, 5.74) is 1.26. The van der Waals surface area contributed by atoms with Crippen LogP contribution in [0, 0.1) is 6.92 Å². The predicted molar refractivity (Wildman–Crippen MR) is 80.1 cm³/mol. The van der Waals surface area contributed by atoms with Gasteiger partial charge in [0, 0.05) is 6.54 Å². The maximum Gasteiger partial charge on any atom is 0.411 e. The molecule has 0 fully saturated rings. The Morgan fingerprint density at radius 2 is 1.95 bits per heavy atom. The number of benzene rings is 1. The lowest BCUT2D eigenvalue weighted by molar-refractivity contribution is -0.142. The van der Waals surface area contributed by atoms with E-state index in [2.05, 4.69) is 0 Å². The minimum Gasteiger partial charge on any atom is -0.480 e. The molecule has 1 unspecified atom stereocenters. The molecule has 1 amide bonds. The molecule has 21 heavy (non-hydrogen) atoms. The first-order chi connectivity index (χ1) is 9.60. The molecular weight excluding hydrogens is 270 g/mol. The number of ether oxygens (including phenoxy) is 1. The molecule has 0 bridgehead atoms. The molecule has 1 aromatic carbocycles. The Labute approximate surface area is 125 Å². The van der Waals surface area contributed by atoms with E-state index in [0.29, 0.717) is 0 Å². The highest BCUT2D eigenvalue weighted by molar-refractivity contribution is 5.79. The van der Waals surface area contributed by atoms with Gasteiger partial charge in [0.25, 0.3) is 0 Å². The number of aryl methyl sites for hydroxylation is 1. The van der Waals surface area contributed by atoms with Crippen LogP contribution >= 0.6 is 0 Å². The number of aliphatic carboxylic acids is 1. The van der Waals surface area contributed by atoms with Gasteiger partial charge in [-0.1, -0.05) is 29.8 Å². The Bertz CT molecular complexity index is 519. The summed E-state index contributed by atoms with van der Waals surface area (Å²) in [5, 5.41) is 9.18. The van der Waals surface area contributed by atoms with Crippen LogP contribution in [0.1, 0.15) is 38.8 Å². The van der Waals surface area contributed by atoms with Gasteiger partial charge >= 0.3 is 12.1 Å². The molecule has 1 N–H and O–H groups in total. The number of hydrogen-bond acceptors (Lipinski definition) is 3. The second-order valence-electron chi connectivity index (χ2n) is 6.11. The third-order valence-corrected chi connectivity index (χ3v) is 2.89. The Morgan fingerprint density at radius 3 is 2.43 bits per heavy atom. The third-order valence-electron chi connectivity index (χ3n) is 2.89. The molecule has 0 saturated heterocycles. The van der Waals surface area contributed by atoms with Crippen LogP contribution in [0.15, 0.2) is 24.3 Å². The van der Waals surface area contributed by atoms with Crippen molar-refractivity contribution in [1.29, 1.82) is 0 Å². The zero-order valence-corrected chi connectivity index (χ0v) is 13.2. The molecule has 0 aliphatic rings. The molecule has 116 valence electrons. The highest BCUT2D eigenvalue weighted by Crippen LogP contribution is 2.16. The number of rotatable bonds is 4. The van der Waals surface area contributed by atoms with Crippen molar-refractivity contribution >= 4 is 12.1 Å². The van der Waals surface area contributed by atoms with E-state index in [1.54, 1.807) is 20.8 Å². The number of nitrogens with zero attached hydrogens (tertiary/aromatic N) is 1. The summed E-state index contributed by atoms with van der Waals surface area (Å²) in [6.45, 7) is 8.87. The first kappa shape index (κ1) is 17.0. The second-order valence-corrected chi connectivity index (χ2v) is 6.11. The largest absolute Gasteiger partial charge is 0.480 e. The first-order valence-corrected chi connectivity index (χ1v) is 6.88. The summed E-state index contributed by atoms with van der Waals surface area (Å²) in [5.74, 6) is -1.06. The van der Waals surface area contributed by atoms with Crippen LogP contribution in [0.3, 0.4) is 0 Å². The van der Waals surface area contributed by atoms with Crippen molar-refractivity contribution in [3.8, 4) is 0 Å². The van der Waals surface area contributed by atoms with Gasteiger partial charge in [-0.25, -0.2) is 9.59 Å². The maximum atomic E-state index is 12.2. The molecule has 5 nitrogen and oxygen atoms in total. The number of carbonyl (C=O) groups excluding carboxylic acids is 1. The molecule has 0 aromatic heterocycles. The van der Waals surface area contributed by atoms with Crippen molar-refractivity contribution < 1.29 is 19.4 Å². The van der Waals surface area contributed by atoms with Gasteiger partial charge in [-0.3, -0.25) is 4.90 Å². The van der Waals surface area contributed by atoms with Gasteiger partial charge in [0.15, 0.2) is 0 Å². The minimum absolute atomic E-state index is 0.198. The molecule has 0 heterocycles. The Morgan fingerprint density at radius 1 is 1.33 bits per heavy atom. The van der Waals surface area contributed by atoms with Gasteiger partial charge in [-0.2, -0.15) is 0 Å². The topological polar surface area (TPSA) is 66.8 Å². The highest BCUT2D eigenvalue weighted by Gasteiger charge is 2.29. The molecule has 0 spiro atoms. The Hall–Kier alpha value is -2.04. The molecule has 1 rings (SSSR count). The lowest BCUT2D eigenvalue weighted by Crippen LogP contribution is -2.45. The van der Waals surface area contributed by atoms with E-state index in [1.165, 1.54) is 11.8 Å². The normalized spacial score (nSPS) is 12.6. The van der Waals surface area contributed by atoms with Crippen LogP contribution in [0.2, 0.25) is 0 Å². The molecule has 5 heteroatoms. The summed E-state index contributed by atoms with van der Waals surface area (Å²) in [6.07, 6.45) is -0.626. The van der Waals surface area contributed by atoms with Crippen molar-refractivity contribution in [2.45, 2.75) is 52.8 Å². The molecule has 1 atom stereocenters. The van der Waals surface area contributed by atoms with E-state index >= 15 is 0 Å². The van der Waals surface area contributed by atoms with E-state index in [-0.39, 0.29) is 6.54 Å². The third kappa shape index (κ3) is 5.45. The molecule has 1 aromatic rings. The fraction of sp³-hybridized carbons (Fsp3) is 0.500. The smallest absolute Gasteiger partial charge is 0.411 e. The van der Waals surface area contributed by atoms with Crippen molar-refractivity contribution in [2.24, 2.45) is 0 Å². The number of hydrogen-bond donors (Lipinski definition) is 1. The molecule has 0 aliphatic carbocycles. The van der Waals surface area contributed by atoms with Gasteiger partial charge in [0.05, 0.1) is 0 Å². The van der Waals surface area contributed by atoms with Gasteiger partial charge in [0.2, 0.25) is 0 Å². The van der Waals surface area contributed by atoms with Crippen LogP contribution in [0.5, 0.6) is 0 Å². The summed E-state index contributed by atoms with van der Waals surface area (Å²) < 4.78 is 5.30. The fourth-order valence-corrected chi connectivity index (χ4v) is 1.82. The average Bonchev–Trinajstić information content (AvgIpc) is 2.32. The van der Waals surface area contributed by atoms with E-state index in [0.717, 1.165) is 11.1 Å². The summed E-state index contributed by atoms with van der Waals surface area (Å²) >= 11 is 0. The van der Waals surface area contributed by atoms with Crippen molar-refractivity contribution in [1.82, 2.24) is 4.90 Å². The van der Waals surface area contributed by atoms with Crippen LogP contribution in [0.25, 0.3) is 0 Å². The van der Waals surface area contributed by atoms with Gasteiger partial charge < -0.3 is 9.84 Å². The first-order valence-electron chi connectivity index (χ1n) is 6.88. The summed E-state index contributed by atoms with van der Waals surface area (Å²) in [4.78, 5) is 24.7. The highest BCUT2D eigenvalue weighted by atomic mass is 16.6. The zero-order chi connectivity index (χ0) is 16.2. The van der Waals surface area contributed by atoms with E-state index in [1.807, 2.05) is 31.2 Å². The SMILES string of the molecule is Cc1cccc(CN(C(=O)OC(C)(C)C)C(C)C(=O)O)c1. The van der Waals surface area contributed by atoms with Gasteiger partial charge in [-0.05, 0) is 40.2 Å². The lowest BCUT2D eigenvalue weighted by Gasteiger charge is -2.30. The van der Waals surface area contributed by atoms with Crippen LogP contribution in [0.4, 0.5) is 4.79 Å².